The molecule has 2 aliphatic rings. The van der Waals surface area contributed by atoms with Gasteiger partial charge in [0.15, 0.2) is 0 Å². The normalized spacial score (nSPS) is 16.7. The van der Waals surface area contributed by atoms with Crippen LogP contribution in [0.1, 0.15) is 55.9 Å². The molecule has 0 saturated carbocycles. The van der Waals surface area contributed by atoms with Crippen molar-refractivity contribution >= 4 is 11.6 Å². The largest absolute Gasteiger partial charge is 0.356 e. The summed E-state index contributed by atoms with van der Waals surface area (Å²) in [5.41, 5.74) is 9.43. The topological polar surface area (TPSA) is 70.6 Å². The molecule has 0 saturated heterocycles. The predicted molar refractivity (Wildman–Crippen MR) is 135 cm³/mol. The van der Waals surface area contributed by atoms with Crippen molar-refractivity contribution in [1.82, 2.24) is 10.8 Å². The molecule has 0 aromatic heterocycles. The summed E-state index contributed by atoms with van der Waals surface area (Å²) in [6, 6.07) is 22.1. The number of hydrogen-bond donors (Lipinski definition) is 3. The third-order valence-corrected chi connectivity index (χ3v) is 6.97. The molecule has 2 heterocycles. The summed E-state index contributed by atoms with van der Waals surface area (Å²) in [4.78, 5) is 12.9. The van der Waals surface area contributed by atoms with Crippen LogP contribution in [0.5, 0.6) is 0 Å². The van der Waals surface area contributed by atoms with Crippen molar-refractivity contribution in [3.8, 4) is 11.1 Å². The van der Waals surface area contributed by atoms with Gasteiger partial charge in [0.2, 0.25) is 0 Å². The van der Waals surface area contributed by atoms with Gasteiger partial charge in [0.25, 0.3) is 5.91 Å². The lowest BCUT2D eigenvalue weighted by Gasteiger charge is -2.18. The van der Waals surface area contributed by atoms with Crippen molar-refractivity contribution in [3.63, 3.8) is 0 Å². The molecule has 4 aromatic rings. The zero-order valence-corrected chi connectivity index (χ0v) is 19.6. The lowest BCUT2D eigenvalue weighted by Crippen LogP contribution is -2.23. The third-order valence-electron chi connectivity index (χ3n) is 6.97. The minimum atomic E-state index is -0.619. The minimum absolute atomic E-state index is 0.210. The van der Waals surface area contributed by atoms with Gasteiger partial charge < -0.3 is 10.1 Å². The van der Waals surface area contributed by atoms with Gasteiger partial charge in [-0.05, 0) is 69.3 Å². The second-order valence-corrected chi connectivity index (χ2v) is 9.18. The van der Waals surface area contributed by atoms with E-state index in [1.54, 1.807) is 18.2 Å². The molecule has 3 N–H and O–H groups in total. The molecule has 2 atom stereocenters. The number of fused-ring (bicyclic) bond motifs is 8. The number of rotatable bonds is 6. The van der Waals surface area contributed by atoms with Gasteiger partial charge in [-0.2, -0.15) is 0 Å². The molecule has 4 aromatic carbocycles. The van der Waals surface area contributed by atoms with E-state index in [4.69, 9.17) is 9.94 Å². The quantitative estimate of drug-likeness (QED) is 0.285. The van der Waals surface area contributed by atoms with Crippen molar-refractivity contribution in [3.05, 3.63) is 136 Å². The van der Waals surface area contributed by atoms with Gasteiger partial charge in [-0.1, -0.05) is 49.0 Å². The molecular formula is C30H22F2N2O3. The molecule has 0 aliphatic carbocycles. The van der Waals surface area contributed by atoms with Crippen LogP contribution >= 0.6 is 0 Å². The number of amides is 1. The standard InChI is InChI=1S/C30H22F2N2O3/c1-16(34-36)18-4-2-17(3-5-18)15-33-30(35)20-7-10-24-26(13-20)29-25-12-19(6-9-23(25)28(24)37-29)22-11-8-21(31)14-27(22)32/h2-14,28-29,34,36H,1,15H2,(H,33,35)/t28-,29+/m0/s1. The highest BCUT2D eigenvalue weighted by Crippen LogP contribution is 2.54. The second-order valence-electron chi connectivity index (χ2n) is 9.18. The number of benzene rings is 4. The first-order chi connectivity index (χ1) is 17.9. The van der Waals surface area contributed by atoms with Crippen molar-refractivity contribution in [1.29, 1.82) is 0 Å². The molecule has 0 fully saturated rings. The SMILES string of the molecule is C=C(NO)c1ccc(CNC(=O)c2ccc3c(c2)[C@@H]2O[C@H]3c3ccc(-c4ccc(F)cc4F)cc32)cc1. The fourth-order valence-corrected chi connectivity index (χ4v) is 5.05. The van der Waals surface area contributed by atoms with Gasteiger partial charge in [-0.3, -0.25) is 15.5 Å². The van der Waals surface area contributed by atoms with E-state index in [9.17, 15) is 13.6 Å². The highest BCUT2D eigenvalue weighted by molar-refractivity contribution is 5.94. The van der Waals surface area contributed by atoms with E-state index in [1.807, 2.05) is 47.9 Å². The van der Waals surface area contributed by atoms with Gasteiger partial charge in [0, 0.05) is 23.7 Å². The number of halogens is 2. The molecule has 7 heteroatoms. The number of hydroxylamine groups is 1. The van der Waals surface area contributed by atoms with E-state index in [0.717, 1.165) is 39.4 Å². The van der Waals surface area contributed by atoms with Crippen molar-refractivity contribution < 1.29 is 23.5 Å². The lowest BCUT2D eigenvalue weighted by molar-refractivity contribution is 0.0857. The predicted octanol–water partition coefficient (Wildman–Crippen LogP) is 6.03. The fraction of sp³-hybridized carbons (Fsp3) is 0.100. The molecule has 5 nitrogen and oxygen atoms in total. The highest BCUT2D eigenvalue weighted by atomic mass is 19.1. The zero-order valence-electron chi connectivity index (χ0n) is 19.6. The van der Waals surface area contributed by atoms with Crippen LogP contribution < -0.4 is 10.8 Å². The number of hydrogen-bond acceptors (Lipinski definition) is 4. The Morgan fingerprint density at radius 3 is 2.24 bits per heavy atom. The average Bonchev–Trinajstić information content (AvgIpc) is 3.48. The van der Waals surface area contributed by atoms with Crippen molar-refractivity contribution in [2.45, 2.75) is 18.8 Å². The van der Waals surface area contributed by atoms with Gasteiger partial charge >= 0.3 is 0 Å². The summed E-state index contributed by atoms with van der Waals surface area (Å²) in [7, 11) is 0. The Balaban J connectivity index is 1.21. The van der Waals surface area contributed by atoms with Gasteiger partial charge in [0.05, 0.1) is 5.70 Å². The summed E-state index contributed by atoms with van der Waals surface area (Å²) in [5, 5.41) is 11.9. The molecule has 2 bridgehead atoms. The summed E-state index contributed by atoms with van der Waals surface area (Å²) in [5.74, 6) is -1.45. The van der Waals surface area contributed by atoms with Crippen molar-refractivity contribution in [2.75, 3.05) is 0 Å². The third kappa shape index (κ3) is 3.98. The van der Waals surface area contributed by atoms with E-state index < -0.39 is 11.6 Å². The van der Waals surface area contributed by atoms with Gasteiger partial charge in [-0.25, -0.2) is 8.78 Å². The molecular weight excluding hydrogens is 474 g/mol. The zero-order chi connectivity index (χ0) is 25.7. The molecule has 0 spiro atoms. The minimum Gasteiger partial charge on any atom is -0.356 e. The highest BCUT2D eigenvalue weighted by Gasteiger charge is 2.43. The molecule has 0 unspecified atom stereocenters. The second kappa shape index (κ2) is 8.96. The molecule has 2 aliphatic heterocycles. The van der Waals surface area contributed by atoms with Crippen LogP contribution in [-0.4, -0.2) is 11.1 Å². The van der Waals surface area contributed by atoms with Gasteiger partial charge in [-0.15, -0.1) is 0 Å². The van der Waals surface area contributed by atoms with E-state index in [2.05, 4.69) is 11.9 Å². The maximum Gasteiger partial charge on any atom is 0.251 e. The number of ether oxygens (including phenoxy) is 1. The summed E-state index contributed by atoms with van der Waals surface area (Å²) < 4.78 is 34.0. The summed E-state index contributed by atoms with van der Waals surface area (Å²) in [6.07, 6.45) is -0.590. The Kier molecular flexibility index (Phi) is 5.59. The number of nitrogens with one attached hydrogen (secondary N) is 2. The molecule has 1 amide bonds. The smallest absolute Gasteiger partial charge is 0.251 e. The molecule has 184 valence electrons. The fourth-order valence-electron chi connectivity index (χ4n) is 5.05. The monoisotopic (exact) mass is 496 g/mol. The Hall–Kier alpha value is -4.33. The van der Waals surface area contributed by atoms with E-state index in [0.29, 0.717) is 28.9 Å². The van der Waals surface area contributed by atoms with Gasteiger partial charge in [0.1, 0.15) is 23.8 Å². The average molecular weight is 497 g/mol. The molecule has 0 radical (unpaired) electrons. The Labute approximate surface area is 212 Å². The Bertz CT molecular complexity index is 1570. The lowest BCUT2D eigenvalue weighted by atomic mass is 9.83. The summed E-state index contributed by atoms with van der Waals surface area (Å²) in [6.45, 7) is 4.04. The van der Waals surface area contributed by atoms with E-state index >= 15 is 0 Å². The molecule has 37 heavy (non-hydrogen) atoms. The van der Waals surface area contributed by atoms with E-state index in [1.165, 1.54) is 12.1 Å². The maximum absolute atomic E-state index is 14.4. The van der Waals surface area contributed by atoms with Crippen LogP contribution in [0.15, 0.2) is 85.4 Å². The van der Waals surface area contributed by atoms with Crippen LogP contribution in [0.4, 0.5) is 8.78 Å². The maximum atomic E-state index is 14.4. The van der Waals surface area contributed by atoms with Crippen LogP contribution in [0.2, 0.25) is 0 Å². The Morgan fingerprint density at radius 1 is 0.838 bits per heavy atom. The Morgan fingerprint density at radius 2 is 1.51 bits per heavy atom. The number of carbonyl (C=O) groups is 1. The van der Waals surface area contributed by atoms with Crippen LogP contribution in [0.3, 0.4) is 0 Å². The van der Waals surface area contributed by atoms with Crippen molar-refractivity contribution in [2.24, 2.45) is 0 Å². The van der Waals surface area contributed by atoms with Crippen LogP contribution in [0.25, 0.3) is 16.8 Å². The first-order valence-corrected chi connectivity index (χ1v) is 11.8. The van der Waals surface area contributed by atoms with Crippen LogP contribution in [-0.2, 0) is 11.3 Å². The summed E-state index contributed by atoms with van der Waals surface area (Å²) >= 11 is 0. The number of carbonyl (C=O) groups excluding carboxylic acids is 1. The first kappa shape index (κ1) is 23.1. The van der Waals surface area contributed by atoms with E-state index in [-0.39, 0.29) is 18.1 Å². The van der Waals surface area contributed by atoms with Crippen LogP contribution in [0, 0.1) is 11.6 Å². The molecule has 6 rings (SSSR count). The first-order valence-electron chi connectivity index (χ1n) is 11.8.